The highest BCUT2D eigenvalue weighted by Crippen LogP contribution is 2.33. The molecule has 1 aliphatic carbocycles. The Kier molecular flexibility index (Phi) is 3.91. The Hall–Kier alpha value is -0.500. The largest absolute Gasteiger partial charge is 0.381 e. The van der Waals surface area contributed by atoms with Crippen molar-refractivity contribution in [3.63, 3.8) is 0 Å². The fourth-order valence-corrected chi connectivity index (χ4v) is 3.05. The van der Waals surface area contributed by atoms with Crippen molar-refractivity contribution in [2.45, 2.75) is 45.6 Å². The summed E-state index contributed by atoms with van der Waals surface area (Å²) in [5.74, 6) is 0.854. The maximum Gasteiger partial charge on any atom is 0.0489 e. The van der Waals surface area contributed by atoms with Gasteiger partial charge in [0.1, 0.15) is 0 Å². The highest BCUT2D eigenvalue weighted by atomic mass is 79.9. The molecular formula is C14H20BrN. The maximum absolute atomic E-state index is 3.70. The highest BCUT2D eigenvalue weighted by molar-refractivity contribution is 9.10. The Balaban J connectivity index is 2.11. The second-order valence-corrected chi connectivity index (χ2v) is 5.58. The lowest BCUT2D eigenvalue weighted by molar-refractivity contribution is 0.489. The summed E-state index contributed by atoms with van der Waals surface area (Å²) in [5, 5.41) is 3.70. The predicted octanol–water partition coefficient (Wildman–Crippen LogP) is 4.75. The molecule has 2 atom stereocenters. The van der Waals surface area contributed by atoms with E-state index < -0.39 is 0 Å². The van der Waals surface area contributed by atoms with Gasteiger partial charge in [-0.2, -0.15) is 0 Å². The maximum atomic E-state index is 3.70. The van der Waals surface area contributed by atoms with Crippen LogP contribution in [0.1, 0.15) is 38.2 Å². The lowest BCUT2D eigenvalue weighted by Gasteiger charge is -2.22. The topological polar surface area (TPSA) is 12.0 Å². The summed E-state index contributed by atoms with van der Waals surface area (Å²) in [4.78, 5) is 0. The Bertz CT molecular complexity index is 362. The first kappa shape index (κ1) is 12.0. The van der Waals surface area contributed by atoms with Gasteiger partial charge in [0.05, 0.1) is 0 Å². The number of anilines is 1. The third kappa shape index (κ3) is 2.42. The van der Waals surface area contributed by atoms with Gasteiger partial charge in [-0.05, 0) is 53.2 Å². The van der Waals surface area contributed by atoms with E-state index in [1.165, 1.54) is 41.4 Å². The summed E-state index contributed by atoms with van der Waals surface area (Å²) in [7, 11) is 0. The number of benzene rings is 1. The van der Waals surface area contributed by atoms with E-state index in [1.807, 2.05) is 0 Å². The number of halogens is 1. The summed E-state index contributed by atoms with van der Waals surface area (Å²) in [5.41, 5.74) is 2.56. The second kappa shape index (κ2) is 5.22. The molecule has 0 spiro atoms. The Labute approximate surface area is 107 Å². The zero-order valence-electron chi connectivity index (χ0n) is 10.1. The van der Waals surface area contributed by atoms with Crippen molar-refractivity contribution in [2.24, 2.45) is 5.92 Å². The van der Waals surface area contributed by atoms with Gasteiger partial charge in [-0.15, -0.1) is 0 Å². The number of hydrogen-bond donors (Lipinski definition) is 1. The second-order valence-electron chi connectivity index (χ2n) is 4.79. The van der Waals surface area contributed by atoms with Crippen molar-refractivity contribution in [1.29, 1.82) is 0 Å². The average molecular weight is 282 g/mol. The average Bonchev–Trinajstić information content (AvgIpc) is 2.72. The normalized spacial score (nSPS) is 24.7. The van der Waals surface area contributed by atoms with E-state index >= 15 is 0 Å². The van der Waals surface area contributed by atoms with E-state index in [-0.39, 0.29) is 0 Å². The van der Waals surface area contributed by atoms with Crippen LogP contribution in [0.15, 0.2) is 22.7 Å². The molecule has 1 N–H and O–H groups in total. The fourth-order valence-electron chi connectivity index (χ4n) is 2.67. The minimum Gasteiger partial charge on any atom is -0.381 e. The molecule has 1 aliphatic rings. The molecule has 0 aliphatic heterocycles. The summed E-state index contributed by atoms with van der Waals surface area (Å²) >= 11 is 3.67. The molecule has 0 saturated heterocycles. The summed E-state index contributed by atoms with van der Waals surface area (Å²) in [6.45, 7) is 4.44. The summed E-state index contributed by atoms with van der Waals surface area (Å²) < 4.78 is 1.22. The van der Waals surface area contributed by atoms with Gasteiger partial charge < -0.3 is 5.32 Å². The van der Waals surface area contributed by atoms with E-state index in [0.29, 0.717) is 6.04 Å². The predicted molar refractivity (Wildman–Crippen MR) is 73.9 cm³/mol. The van der Waals surface area contributed by atoms with E-state index in [2.05, 4.69) is 53.3 Å². The first-order valence-electron chi connectivity index (χ1n) is 6.24. The lowest BCUT2D eigenvalue weighted by atomic mass is 10.0. The van der Waals surface area contributed by atoms with Crippen LogP contribution < -0.4 is 5.32 Å². The third-order valence-electron chi connectivity index (χ3n) is 3.72. The number of hydrogen-bond acceptors (Lipinski definition) is 1. The third-order valence-corrected chi connectivity index (χ3v) is 4.77. The van der Waals surface area contributed by atoms with Crippen molar-refractivity contribution < 1.29 is 0 Å². The summed E-state index contributed by atoms with van der Waals surface area (Å²) in [6.07, 6.45) is 5.37. The van der Waals surface area contributed by atoms with E-state index in [9.17, 15) is 0 Å². The molecule has 1 saturated carbocycles. The zero-order valence-corrected chi connectivity index (χ0v) is 11.7. The zero-order chi connectivity index (χ0) is 11.5. The van der Waals surface area contributed by atoms with Crippen LogP contribution in [0.5, 0.6) is 0 Å². The van der Waals surface area contributed by atoms with Gasteiger partial charge in [0.15, 0.2) is 0 Å². The molecule has 1 aromatic rings. The number of aryl methyl sites for hydroxylation is 1. The van der Waals surface area contributed by atoms with E-state index in [0.717, 1.165) is 5.92 Å². The minimum atomic E-state index is 0.670. The van der Waals surface area contributed by atoms with Crippen molar-refractivity contribution in [1.82, 2.24) is 0 Å². The molecule has 16 heavy (non-hydrogen) atoms. The molecule has 0 heterocycles. The van der Waals surface area contributed by atoms with Crippen LogP contribution in [-0.4, -0.2) is 6.04 Å². The Morgan fingerprint density at radius 1 is 1.38 bits per heavy atom. The molecule has 0 aromatic heterocycles. The standard InChI is InChI=1S/C14H20BrN/c1-3-11-7-5-8-12(11)16-13-9-4-6-10(2)14(13)15/h4,6,9,11-12,16H,3,5,7-8H2,1-2H3. The molecule has 1 aromatic carbocycles. The molecule has 0 radical (unpaired) electrons. The van der Waals surface area contributed by atoms with Gasteiger partial charge in [-0.1, -0.05) is 31.9 Å². The van der Waals surface area contributed by atoms with Crippen molar-refractivity contribution >= 4 is 21.6 Å². The molecule has 88 valence electrons. The molecule has 0 bridgehead atoms. The number of nitrogens with one attached hydrogen (secondary N) is 1. The minimum absolute atomic E-state index is 0.670. The smallest absolute Gasteiger partial charge is 0.0489 e. The lowest BCUT2D eigenvalue weighted by Crippen LogP contribution is -2.23. The first-order chi connectivity index (χ1) is 7.72. The van der Waals surface area contributed by atoms with Crippen LogP contribution in [0.4, 0.5) is 5.69 Å². The van der Waals surface area contributed by atoms with Crippen LogP contribution >= 0.6 is 15.9 Å². The van der Waals surface area contributed by atoms with Crippen molar-refractivity contribution in [3.8, 4) is 0 Å². The fraction of sp³-hybridized carbons (Fsp3) is 0.571. The van der Waals surface area contributed by atoms with Crippen LogP contribution in [0, 0.1) is 12.8 Å². The van der Waals surface area contributed by atoms with Gasteiger partial charge >= 0.3 is 0 Å². The van der Waals surface area contributed by atoms with Gasteiger partial charge in [-0.25, -0.2) is 0 Å². The van der Waals surface area contributed by atoms with Crippen LogP contribution in [0.25, 0.3) is 0 Å². The van der Waals surface area contributed by atoms with E-state index in [4.69, 9.17) is 0 Å². The van der Waals surface area contributed by atoms with Crippen molar-refractivity contribution in [2.75, 3.05) is 5.32 Å². The molecular weight excluding hydrogens is 262 g/mol. The Morgan fingerprint density at radius 2 is 2.19 bits per heavy atom. The quantitative estimate of drug-likeness (QED) is 0.843. The molecule has 1 fully saturated rings. The molecule has 2 rings (SSSR count). The van der Waals surface area contributed by atoms with Crippen LogP contribution in [0.2, 0.25) is 0 Å². The van der Waals surface area contributed by atoms with Gasteiger partial charge in [-0.3, -0.25) is 0 Å². The highest BCUT2D eigenvalue weighted by Gasteiger charge is 2.25. The number of rotatable bonds is 3. The van der Waals surface area contributed by atoms with Gasteiger partial charge in [0.25, 0.3) is 0 Å². The van der Waals surface area contributed by atoms with Crippen LogP contribution in [-0.2, 0) is 0 Å². The van der Waals surface area contributed by atoms with Crippen molar-refractivity contribution in [3.05, 3.63) is 28.2 Å². The van der Waals surface area contributed by atoms with Crippen LogP contribution in [0.3, 0.4) is 0 Å². The molecule has 2 heteroatoms. The molecule has 2 unspecified atom stereocenters. The first-order valence-corrected chi connectivity index (χ1v) is 7.03. The van der Waals surface area contributed by atoms with E-state index in [1.54, 1.807) is 0 Å². The Morgan fingerprint density at radius 3 is 2.94 bits per heavy atom. The molecule has 0 amide bonds. The SMILES string of the molecule is CCC1CCCC1Nc1cccc(C)c1Br. The van der Waals surface area contributed by atoms with Gasteiger partial charge in [0.2, 0.25) is 0 Å². The summed E-state index contributed by atoms with van der Waals surface area (Å²) in [6, 6.07) is 7.10. The monoisotopic (exact) mass is 281 g/mol. The van der Waals surface area contributed by atoms with Gasteiger partial charge in [0, 0.05) is 16.2 Å². The molecule has 1 nitrogen and oxygen atoms in total.